The number of hydrogen-bond acceptors (Lipinski definition) is 3. The fourth-order valence-electron chi connectivity index (χ4n) is 1.74. The Morgan fingerprint density at radius 1 is 1.30 bits per heavy atom. The van der Waals surface area contributed by atoms with Crippen LogP contribution in [0.4, 0.5) is 5.69 Å². The Labute approximate surface area is 126 Å². The number of ether oxygens (including phenoxy) is 1. The summed E-state index contributed by atoms with van der Waals surface area (Å²) >= 11 is 11.8. The molecule has 0 heterocycles. The first-order chi connectivity index (χ1) is 9.52. The maximum Gasteiger partial charge on any atom is 0.313 e. The zero-order chi connectivity index (χ0) is 14.7. The molecule has 0 aliphatic carbocycles. The molecule has 0 atom stereocenters. The third kappa shape index (κ3) is 3.03. The fourth-order valence-corrected chi connectivity index (χ4v) is 2.25. The van der Waals surface area contributed by atoms with E-state index in [0.717, 1.165) is 11.1 Å². The van der Waals surface area contributed by atoms with Crippen molar-refractivity contribution >= 4 is 28.9 Å². The van der Waals surface area contributed by atoms with Crippen LogP contribution in [0.2, 0.25) is 5.02 Å². The number of nitrogens with zero attached hydrogens (tertiary/aromatic N) is 1. The maximum absolute atomic E-state index is 11.0. The molecule has 0 spiro atoms. The minimum absolute atomic E-state index is 0.0391. The molecule has 2 aromatic carbocycles. The summed E-state index contributed by atoms with van der Waals surface area (Å²) in [6, 6.07) is 9.70. The highest BCUT2D eigenvalue weighted by Gasteiger charge is 2.19. The van der Waals surface area contributed by atoms with Crippen molar-refractivity contribution in [3.63, 3.8) is 0 Å². The quantitative estimate of drug-likeness (QED) is 0.449. The van der Waals surface area contributed by atoms with Crippen LogP contribution in [0.1, 0.15) is 11.1 Å². The molecule has 0 amide bonds. The van der Waals surface area contributed by atoms with Gasteiger partial charge in [0.2, 0.25) is 5.75 Å². The molecule has 0 unspecified atom stereocenters. The zero-order valence-corrected chi connectivity index (χ0v) is 12.1. The number of rotatable bonds is 4. The Kier molecular flexibility index (Phi) is 4.47. The molecule has 0 saturated heterocycles. The van der Waals surface area contributed by atoms with Crippen LogP contribution in [0, 0.1) is 17.0 Å². The molecule has 0 radical (unpaired) electrons. The van der Waals surface area contributed by atoms with Crippen LogP contribution < -0.4 is 4.74 Å². The van der Waals surface area contributed by atoms with Crippen LogP contribution in [-0.4, -0.2) is 4.92 Å². The normalized spacial score (nSPS) is 10.3. The molecule has 20 heavy (non-hydrogen) atoms. The molecule has 0 bridgehead atoms. The molecule has 104 valence electrons. The van der Waals surface area contributed by atoms with Gasteiger partial charge in [-0.05, 0) is 36.2 Å². The lowest BCUT2D eigenvalue weighted by atomic mass is 10.1. The second-order valence-electron chi connectivity index (χ2n) is 4.17. The van der Waals surface area contributed by atoms with Crippen molar-refractivity contribution in [1.29, 1.82) is 0 Å². The van der Waals surface area contributed by atoms with Crippen LogP contribution in [0.25, 0.3) is 0 Å². The summed E-state index contributed by atoms with van der Waals surface area (Å²) in [5.74, 6) is 0.919. The Hall–Kier alpha value is -1.78. The first kappa shape index (κ1) is 14.6. The van der Waals surface area contributed by atoms with Crippen LogP contribution in [-0.2, 0) is 5.88 Å². The van der Waals surface area contributed by atoms with Gasteiger partial charge in [-0.15, -0.1) is 11.6 Å². The van der Waals surface area contributed by atoms with Gasteiger partial charge in [-0.25, -0.2) is 0 Å². The highest BCUT2D eigenvalue weighted by Crippen LogP contribution is 2.38. The van der Waals surface area contributed by atoms with Crippen molar-refractivity contribution in [2.45, 2.75) is 12.8 Å². The van der Waals surface area contributed by atoms with Gasteiger partial charge in [-0.3, -0.25) is 10.1 Å². The molecular formula is C14H11Cl2NO3. The number of nitro benzene ring substituents is 1. The van der Waals surface area contributed by atoms with Gasteiger partial charge in [-0.2, -0.15) is 0 Å². The molecule has 6 heteroatoms. The molecule has 4 nitrogen and oxygen atoms in total. The molecule has 0 saturated carbocycles. The van der Waals surface area contributed by atoms with Gasteiger partial charge in [0.1, 0.15) is 5.75 Å². The van der Waals surface area contributed by atoms with Gasteiger partial charge in [0.05, 0.1) is 9.95 Å². The summed E-state index contributed by atoms with van der Waals surface area (Å²) in [6.07, 6.45) is 0. The van der Waals surface area contributed by atoms with Crippen LogP contribution in [0.5, 0.6) is 11.5 Å². The largest absolute Gasteiger partial charge is 0.449 e. The second-order valence-corrected chi connectivity index (χ2v) is 4.84. The third-order valence-corrected chi connectivity index (χ3v) is 3.41. The topological polar surface area (TPSA) is 52.4 Å². The van der Waals surface area contributed by atoms with E-state index in [4.69, 9.17) is 27.9 Å². The van der Waals surface area contributed by atoms with E-state index in [-0.39, 0.29) is 16.5 Å². The lowest BCUT2D eigenvalue weighted by Gasteiger charge is -2.10. The van der Waals surface area contributed by atoms with Crippen molar-refractivity contribution in [2.75, 3.05) is 0 Å². The van der Waals surface area contributed by atoms with Gasteiger partial charge in [-0.1, -0.05) is 23.7 Å². The number of nitro groups is 1. The summed E-state index contributed by atoms with van der Waals surface area (Å²) in [4.78, 5) is 10.5. The summed E-state index contributed by atoms with van der Waals surface area (Å²) < 4.78 is 5.57. The number of hydrogen-bond donors (Lipinski definition) is 0. The predicted molar refractivity (Wildman–Crippen MR) is 78.9 cm³/mol. The van der Waals surface area contributed by atoms with Gasteiger partial charge in [0, 0.05) is 11.9 Å². The number of para-hydroxylation sites is 1. The van der Waals surface area contributed by atoms with Crippen molar-refractivity contribution in [1.82, 2.24) is 0 Å². The predicted octanol–water partition coefficient (Wildman–Crippen LogP) is 5.09. The molecule has 0 aromatic heterocycles. The van der Waals surface area contributed by atoms with E-state index < -0.39 is 4.92 Å². The molecule has 0 N–H and O–H groups in total. The average Bonchev–Trinajstić information content (AvgIpc) is 2.41. The highest BCUT2D eigenvalue weighted by molar-refractivity contribution is 6.32. The van der Waals surface area contributed by atoms with Crippen LogP contribution >= 0.6 is 23.2 Å². The third-order valence-electron chi connectivity index (χ3n) is 2.82. The number of benzene rings is 2. The standard InChI is InChI=1S/C14H11Cl2NO3/c1-9-7-11(6-5-10(9)8-15)20-14-12(16)3-2-4-13(14)17(18)19/h2-7H,8H2,1H3. The lowest BCUT2D eigenvalue weighted by Crippen LogP contribution is -1.95. The molecule has 0 aliphatic heterocycles. The van der Waals surface area contributed by atoms with Crippen LogP contribution in [0.3, 0.4) is 0 Å². The van der Waals surface area contributed by atoms with E-state index in [0.29, 0.717) is 11.6 Å². The van der Waals surface area contributed by atoms with E-state index in [2.05, 4.69) is 0 Å². The molecule has 2 aromatic rings. The van der Waals surface area contributed by atoms with Crippen molar-refractivity contribution < 1.29 is 9.66 Å². The maximum atomic E-state index is 11.0. The van der Waals surface area contributed by atoms with E-state index in [1.54, 1.807) is 18.2 Å². The van der Waals surface area contributed by atoms with E-state index >= 15 is 0 Å². The smallest absolute Gasteiger partial charge is 0.313 e. The van der Waals surface area contributed by atoms with Crippen molar-refractivity contribution in [3.8, 4) is 11.5 Å². The average molecular weight is 312 g/mol. The molecule has 0 fully saturated rings. The summed E-state index contributed by atoms with van der Waals surface area (Å²) in [5.41, 5.74) is 1.76. The lowest BCUT2D eigenvalue weighted by molar-refractivity contribution is -0.385. The fraction of sp³-hybridized carbons (Fsp3) is 0.143. The Morgan fingerprint density at radius 3 is 2.65 bits per heavy atom. The van der Waals surface area contributed by atoms with Gasteiger partial charge in [0.25, 0.3) is 0 Å². The zero-order valence-electron chi connectivity index (χ0n) is 10.6. The highest BCUT2D eigenvalue weighted by atomic mass is 35.5. The first-order valence-electron chi connectivity index (χ1n) is 5.79. The van der Waals surface area contributed by atoms with E-state index in [9.17, 15) is 10.1 Å². The summed E-state index contributed by atoms with van der Waals surface area (Å²) in [6.45, 7) is 1.89. The molecular weight excluding hydrogens is 301 g/mol. The minimum atomic E-state index is -0.527. The number of alkyl halides is 1. The van der Waals surface area contributed by atoms with E-state index in [1.807, 2.05) is 13.0 Å². The second kappa shape index (κ2) is 6.11. The Balaban J connectivity index is 2.39. The monoisotopic (exact) mass is 311 g/mol. The first-order valence-corrected chi connectivity index (χ1v) is 6.70. The van der Waals surface area contributed by atoms with Gasteiger partial charge < -0.3 is 4.74 Å². The minimum Gasteiger partial charge on any atom is -0.449 e. The molecule has 0 aliphatic rings. The SMILES string of the molecule is Cc1cc(Oc2c(Cl)cccc2[N+](=O)[O-])ccc1CCl. The molecule has 2 rings (SSSR count). The van der Waals surface area contributed by atoms with E-state index in [1.165, 1.54) is 12.1 Å². The van der Waals surface area contributed by atoms with Crippen molar-refractivity contribution in [2.24, 2.45) is 0 Å². The van der Waals surface area contributed by atoms with Gasteiger partial charge >= 0.3 is 5.69 Å². The number of halogens is 2. The summed E-state index contributed by atoms with van der Waals surface area (Å²) in [5, 5.41) is 11.2. The van der Waals surface area contributed by atoms with Gasteiger partial charge in [0.15, 0.2) is 0 Å². The van der Waals surface area contributed by atoms with Crippen LogP contribution in [0.15, 0.2) is 36.4 Å². The van der Waals surface area contributed by atoms with Crippen molar-refractivity contribution in [3.05, 3.63) is 62.7 Å². The summed E-state index contributed by atoms with van der Waals surface area (Å²) in [7, 11) is 0. The Morgan fingerprint density at radius 2 is 2.05 bits per heavy atom. The Bertz CT molecular complexity index is 659. The number of aryl methyl sites for hydroxylation is 1.